The third-order valence-corrected chi connectivity index (χ3v) is 5.90. The number of anilines is 1. The number of fused-ring (bicyclic) bond motifs is 1. The summed E-state index contributed by atoms with van der Waals surface area (Å²) in [7, 11) is -2.59. The molecule has 2 aromatic carbocycles. The molecule has 0 spiro atoms. The minimum atomic E-state index is -3.96. The Bertz CT molecular complexity index is 929. The molecule has 126 valence electrons. The van der Waals surface area contributed by atoms with E-state index in [0.29, 0.717) is 12.1 Å². The predicted molar refractivity (Wildman–Crippen MR) is 89.3 cm³/mol. The zero-order valence-electron chi connectivity index (χ0n) is 12.6. The van der Waals surface area contributed by atoms with Gasteiger partial charge in [-0.05, 0) is 30.2 Å². The largest absolute Gasteiger partial charge is 0.495 e. The average Bonchev–Trinajstić information content (AvgIpc) is 2.98. The molecular weight excluding hydrogens is 356 g/mol. The van der Waals surface area contributed by atoms with Gasteiger partial charge in [-0.3, -0.25) is 14.4 Å². The van der Waals surface area contributed by atoms with Crippen molar-refractivity contribution in [3.8, 4) is 5.75 Å². The van der Waals surface area contributed by atoms with Gasteiger partial charge < -0.3 is 4.74 Å². The first kappa shape index (κ1) is 16.5. The monoisotopic (exact) mass is 368 g/mol. The highest BCUT2D eigenvalue weighted by Crippen LogP contribution is 2.38. The standard InChI is InChI=1S/C15H13ClN2O5S/c1-23-14-5-3-11(16)8-15(14)24(21,22)17-7-6-10-2-4-12(18(19)20)9-13(10)17/h2-5,8-9H,6-7H2,1H3. The number of halogens is 1. The minimum absolute atomic E-state index is 0.0724. The fraction of sp³-hybridized carbons (Fsp3) is 0.200. The molecule has 1 aliphatic heterocycles. The predicted octanol–water partition coefficient (Wildman–Crippen LogP) is 3.01. The lowest BCUT2D eigenvalue weighted by Crippen LogP contribution is -2.29. The molecule has 0 bridgehead atoms. The molecule has 3 rings (SSSR count). The Morgan fingerprint density at radius 2 is 2.00 bits per heavy atom. The van der Waals surface area contributed by atoms with E-state index in [4.69, 9.17) is 16.3 Å². The number of non-ortho nitro benzene ring substituents is 1. The highest BCUT2D eigenvalue weighted by Gasteiger charge is 2.34. The molecule has 0 amide bonds. The Morgan fingerprint density at radius 1 is 1.25 bits per heavy atom. The summed E-state index contributed by atoms with van der Waals surface area (Å²) in [5, 5.41) is 11.2. The van der Waals surface area contributed by atoms with Crippen molar-refractivity contribution >= 4 is 33.0 Å². The first-order chi connectivity index (χ1) is 11.3. The van der Waals surface area contributed by atoms with Crippen molar-refractivity contribution in [2.24, 2.45) is 0 Å². The molecule has 1 aliphatic rings. The van der Waals surface area contributed by atoms with Gasteiger partial charge in [0, 0.05) is 23.7 Å². The van der Waals surface area contributed by atoms with Crippen molar-refractivity contribution < 1.29 is 18.1 Å². The molecule has 0 aromatic heterocycles. The van der Waals surface area contributed by atoms with E-state index in [2.05, 4.69) is 0 Å². The molecule has 24 heavy (non-hydrogen) atoms. The van der Waals surface area contributed by atoms with Gasteiger partial charge in [0.2, 0.25) is 0 Å². The molecule has 0 saturated carbocycles. The molecule has 0 N–H and O–H groups in total. The van der Waals surface area contributed by atoms with Crippen LogP contribution in [0.4, 0.5) is 11.4 Å². The van der Waals surface area contributed by atoms with Crippen LogP contribution in [0, 0.1) is 10.1 Å². The van der Waals surface area contributed by atoms with Crippen LogP contribution in [-0.4, -0.2) is 27.0 Å². The smallest absolute Gasteiger partial charge is 0.271 e. The number of hydrogen-bond donors (Lipinski definition) is 0. The topological polar surface area (TPSA) is 89.8 Å². The van der Waals surface area contributed by atoms with Gasteiger partial charge in [0.05, 0.1) is 17.7 Å². The lowest BCUT2D eigenvalue weighted by molar-refractivity contribution is -0.384. The summed E-state index contributed by atoms with van der Waals surface area (Å²) in [5.74, 6) is 0.165. The highest BCUT2D eigenvalue weighted by molar-refractivity contribution is 7.93. The van der Waals surface area contributed by atoms with Gasteiger partial charge in [-0.2, -0.15) is 0 Å². The number of ether oxygens (including phenoxy) is 1. The van der Waals surface area contributed by atoms with Crippen LogP contribution in [0.2, 0.25) is 5.02 Å². The van der Waals surface area contributed by atoms with Crippen LogP contribution in [0.1, 0.15) is 5.56 Å². The van der Waals surface area contributed by atoms with E-state index in [-0.39, 0.29) is 27.9 Å². The molecule has 0 saturated heterocycles. The molecule has 0 atom stereocenters. The Hall–Kier alpha value is -2.32. The summed E-state index contributed by atoms with van der Waals surface area (Å²) >= 11 is 5.93. The fourth-order valence-corrected chi connectivity index (χ4v) is 4.59. The van der Waals surface area contributed by atoms with Gasteiger partial charge in [-0.1, -0.05) is 17.7 Å². The zero-order chi connectivity index (χ0) is 17.5. The number of hydrogen-bond acceptors (Lipinski definition) is 5. The fourth-order valence-electron chi connectivity index (χ4n) is 2.67. The first-order valence-electron chi connectivity index (χ1n) is 6.98. The van der Waals surface area contributed by atoms with Crippen LogP contribution in [0.5, 0.6) is 5.75 Å². The minimum Gasteiger partial charge on any atom is -0.495 e. The van der Waals surface area contributed by atoms with Crippen LogP contribution < -0.4 is 9.04 Å². The molecule has 9 heteroatoms. The van der Waals surface area contributed by atoms with E-state index in [1.807, 2.05) is 0 Å². The molecule has 1 heterocycles. The summed E-state index contributed by atoms with van der Waals surface area (Å²) in [5.41, 5.74) is 0.894. The number of nitrogens with zero attached hydrogens (tertiary/aromatic N) is 2. The van der Waals surface area contributed by atoms with Gasteiger partial charge in [-0.25, -0.2) is 8.42 Å². The Labute approximate surface area is 143 Å². The number of nitro benzene ring substituents is 1. The van der Waals surface area contributed by atoms with Gasteiger partial charge >= 0.3 is 0 Å². The zero-order valence-corrected chi connectivity index (χ0v) is 14.2. The van der Waals surface area contributed by atoms with E-state index < -0.39 is 14.9 Å². The van der Waals surface area contributed by atoms with Crippen molar-refractivity contribution in [1.82, 2.24) is 0 Å². The van der Waals surface area contributed by atoms with Crippen molar-refractivity contribution in [1.29, 1.82) is 0 Å². The molecular formula is C15H13ClN2O5S. The Morgan fingerprint density at radius 3 is 2.67 bits per heavy atom. The maximum absolute atomic E-state index is 13.0. The number of benzene rings is 2. The molecule has 0 fully saturated rings. The van der Waals surface area contributed by atoms with Gasteiger partial charge in [-0.15, -0.1) is 0 Å². The van der Waals surface area contributed by atoms with Crippen molar-refractivity contribution in [3.05, 3.63) is 57.1 Å². The molecule has 0 radical (unpaired) electrons. The van der Waals surface area contributed by atoms with Gasteiger partial charge in [0.15, 0.2) is 0 Å². The summed E-state index contributed by atoms with van der Waals surface area (Å²) in [4.78, 5) is 10.3. The molecule has 2 aromatic rings. The highest BCUT2D eigenvalue weighted by atomic mass is 35.5. The maximum atomic E-state index is 13.0. The van der Waals surface area contributed by atoms with Crippen molar-refractivity contribution in [3.63, 3.8) is 0 Å². The number of methoxy groups -OCH3 is 1. The normalized spacial score (nSPS) is 13.7. The van der Waals surface area contributed by atoms with Crippen LogP contribution >= 0.6 is 11.6 Å². The maximum Gasteiger partial charge on any atom is 0.271 e. The quantitative estimate of drug-likeness (QED) is 0.611. The van der Waals surface area contributed by atoms with Crippen LogP contribution in [-0.2, 0) is 16.4 Å². The lowest BCUT2D eigenvalue weighted by Gasteiger charge is -2.21. The summed E-state index contributed by atoms with van der Waals surface area (Å²) < 4.78 is 32.3. The van der Waals surface area contributed by atoms with Crippen molar-refractivity contribution in [2.75, 3.05) is 18.0 Å². The second-order valence-electron chi connectivity index (χ2n) is 5.19. The summed E-state index contributed by atoms with van der Waals surface area (Å²) in [6.45, 7) is 0.203. The van der Waals surface area contributed by atoms with Crippen LogP contribution in [0.25, 0.3) is 0 Å². The summed E-state index contributed by atoms with van der Waals surface area (Å²) in [6.07, 6.45) is 0.482. The molecule has 0 unspecified atom stereocenters. The number of nitro groups is 1. The molecule has 0 aliphatic carbocycles. The van der Waals surface area contributed by atoms with E-state index in [9.17, 15) is 18.5 Å². The van der Waals surface area contributed by atoms with Gasteiger partial charge in [0.1, 0.15) is 10.6 Å². The Kier molecular flexibility index (Phi) is 4.10. The first-order valence-corrected chi connectivity index (χ1v) is 8.80. The number of rotatable bonds is 4. The second-order valence-corrected chi connectivity index (χ2v) is 7.46. The SMILES string of the molecule is COc1ccc(Cl)cc1S(=O)(=O)N1CCc2ccc([N+](=O)[O-])cc21. The Balaban J connectivity index is 2.13. The van der Waals surface area contributed by atoms with Crippen molar-refractivity contribution in [2.45, 2.75) is 11.3 Å². The average molecular weight is 369 g/mol. The van der Waals surface area contributed by atoms with E-state index in [0.717, 1.165) is 9.87 Å². The number of sulfonamides is 1. The van der Waals surface area contributed by atoms with Crippen LogP contribution in [0.15, 0.2) is 41.3 Å². The van der Waals surface area contributed by atoms with E-state index in [1.54, 1.807) is 6.07 Å². The van der Waals surface area contributed by atoms with E-state index >= 15 is 0 Å². The van der Waals surface area contributed by atoms with Crippen LogP contribution in [0.3, 0.4) is 0 Å². The second kappa shape index (κ2) is 5.95. The van der Waals surface area contributed by atoms with E-state index in [1.165, 1.54) is 37.4 Å². The molecule has 7 nitrogen and oxygen atoms in total. The third kappa shape index (κ3) is 2.67. The van der Waals surface area contributed by atoms with Gasteiger partial charge in [0.25, 0.3) is 15.7 Å². The summed E-state index contributed by atoms with van der Waals surface area (Å²) in [6, 6.07) is 8.54. The third-order valence-electron chi connectivity index (χ3n) is 3.83. The lowest BCUT2D eigenvalue weighted by atomic mass is 10.1.